The standard InChI is InChI=1S/C16H19F2N3O2/c1-22-8-6-11-10-23-9-7-21(11)16-12-4-2-3-5-13(12)19-15(20-16)14(17)18/h2-5,11,14H,6-10H2,1H3. The van der Waals surface area contributed by atoms with Crippen molar-refractivity contribution in [2.75, 3.05) is 38.4 Å². The van der Waals surface area contributed by atoms with Gasteiger partial charge in [0.2, 0.25) is 0 Å². The molecule has 0 saturated carbocycles. The van der Waals surface area contributed by atoms with Crippen LogP contribution in [0, 0.1) is 0 Å². The molecule has 1 fully saturated rings. The lowest BCUT2D eigenvalue weighted by atomic mass is 10.1. The summed E-state index contributed by atoms with van der Waals surface area (Å²) >= 11 is 0. The predicted molar refractivity (Wildman–Crippen MR) is 82.9 cm³/mol. The second kappa shape index (κ2) is 7.14. The molecule has 5 nitrogen and oxygen atoms in total. The van der Waals surface area contributed by atoms with Gasteiger partial charge in [0.05, 0.1) is 24.8 Å². The zero-order chi connectivity index (χ0) is 16.2. The molecular formula is C16H19F2N3O2. The Morgan fingerprint density at radius 3 is 2.96 bits per heavy atom. The summed E-state index contributed by atoms with van der Waals surface area (Å²) in [4.78, 5) is 10.2. The van der Waals surface area contributed by atoms with Crippen LogP contribution < -0.4 is 4.90 Å². The second-order valence-corrected chi connectivity index (χ2v) is 5.43. The summed E-state index contributed by atoms with van der Waals surface area (Å²) in [6, 6.07) is 7.30. The topological polar surface area (TPSA) is 47.5 Å². The third-order valence-electron chi connectivity index (χ3n) is 3.95. The van der Waals surface area contributed by atoms with Crippen LogP contribution in [-0.4, -0.2) is 49.5 Å². The molecule has 1 atom stereocenters. The van der Waals surface area contributed by atoms with Crippen molar-refractivity contribution in [3.05, 3.63) is 30.1 Å². The maximum atomic E-state index is 13.2. The first kappa shape index (κ1) is 16.0. The lowest BCUT2D eigenvalue weighted by Gasteiger charge is -2.37. The monoisotopic (exact) mass is 323 g/mol. The van der Waals surface area contributed by atoms with E-state index in [9.17, 15) is 8.78 Å². The van der Waals surface area contributed by atoms with E-state index in [0.717, 1.165) is 11.8 Å². The van der Waals surface area contributed by atoms with E-state index in [1.807, 2.05) is 17.0 Å². The Morgan fingerprint density at radius 2 is 2.17 bits per heavy atom. The third-order valence-corrected chi connectivity index (χ3v) is 3.95. The highest BCUT2D eigenvalue weighted by molar-refractivity contribution is 5.89. The van der Waals surface area contributed by atoms with Crippen LogP contribution in [-0.2, 0) is 9.47 Å². The van der Waals surface area contributed by atoms with Gasteiger partial charge in [0, 0.05) is 25.6 Å². The number of halogens is 2. The van der Waals surface area contributed by atoms with E-state index in [1.165, 1.54) is 0 Å². The van der Waals surface area contributed by atoms with Crippen LogP contribution in [0.3, 0.4) is 0 Å². The van der Waals surface area contributed by atoms with E-state index in [-0.39, 0.29) is 6.04 Å². The molecule has 23 heavy (non-hydrogen) atoms. The van der Waals surface area contributed by atoms with Crippen molar-refractivity contribution in [3.63, 3.8) is 0 Å². The SMILES string of the molecule is COCCC1COCCN1c1nc(C(F)F)nc2ccccc12. The Balaban J connectivity index is 2.05. The Kier molecular flexibility index (Phi) is 4.97. The quantitative estimate of drug-likeness (QED) is 0.847. The van der Waals surface area contributed by atoms with Gasteiger partial charge in [0.1, 0.15) is 5.82 Å². The molecule has 124 valence electrons. The van der Waals surface area contributed by atoms with Crippen LogP contribution in [0.4, 0.5) is 14.6 Å². The normalized spacial score (nSPS) is 18.8. The van der Waals surface area contributed by atoms with Crippen LogP contribution in [0.5, 0.6) is 0 Å². The fraction of sp³-hybridized carbons (Fsp3) is 0.500. The minimum absolute atomic E-state index is 0.0486. The van der Waals surface area contributed by atoms with Crippen molar-refractivity contribution < 1.29 is 18.3 Å². The fourth-order valence-corrected chi connectivity index (χ4v) is 2.82. The Bertz CT molecular complexity index is 669. The smallest absolute Gasteiger partial charge is 0.297 e. The van der Waals surface area contributed by atoms with Gasteiger partial charge in [-0.2, -0.15) is 0 Å². The number of ether oxygens (including phenoxy) is 2. The lowest BCUT2D eigenvalue weighted by molar-refractivity contribution is 0.0793. The summed E-state index contributed by atoms with van der Waals surface area (Å²) in [5.41, 5.74) is 0.532. The number of morpholine rings is 1. The maximum Gasteiger partial charge on any atom is 0.297 e. The first-order valence-corrected chi connectivity index (χ1v) is 7.59. The number of alkyl halides is 2. The number of para-hydroxylation sites is 1. The molecule has 1 aliphatic heterocycles. The molecule has 0 bridgehead atoms. The van der Waals surface area contributed by atoms with Crippen molar-refractivity contribution in [2.24, 2.45) is 0 Å². The molecule has 1 aromatic carbocycles. The summed E-state index contributed by atoms with van der Waals surface area (Å²) in [5, 5.41) is 0.779. The molecule has 1 aromatic heterocycles. The summed E-state index contributed by atoms with van der Waals surface area (Å²) < 4.78 is 37.0. The van der Waals surface area contributed by atoms with Crippen LogP contribution >= 0.6 is 0 Å². The average Bonchev–Trinajstić information content (AvgIpc) is 2.59. The maximum absolute atomic E-state index is 13.2. The van der Waals surface area contributed by atoms with Crippen LogP contribution in [0.15, 0.2) is 24.3 Å². The molecule has 0 spiro atoms. The second-order valence-electron chi connectivity index (χ2n) is 5.43. The van der Waals surface area contributed by atoms with E-state index in [2.05, 4.69) is 9.97 Å². The Labute approximate surface area is 133 Å². The van der Waals surface area contributed by atoms with Crippen LogP contribution in [0.25, 0.3) is 10.9 Å². The van der Waals surface area contributed by atoms with Gasteiger partial charge in [-0.1, -0.05) is 12.1 Å². The number of fused-ring (bicyclic) bond motifs is 1. The molecule has 0 amide bonds. The first-order valence-electron chi connectivity index (χ1n) is 7.59. The minimum Gasteiger partial charge on any atom is -0.385 e. The number of methoxy groups -OCH3 is 1. The molecule has 0 aliphatic carbocycles. The molecule has 7 heteroatoms. The van der Waals surface area contributed by atoms with Crippen molar-refractivity contribution >= 4 is 16.7 Å². The number of hydrogen-bond acceptors (Lipinski definition) is 5. The summed E-state index contributed by atoms with van der Waals surface area (Å²) in [7, 11) is 1.64. The van der Waals surface area contributed by atoms with Gasteiger partial charge in [-0.15, -0.1) is 0 Å². The fourth-order valence-electron chi connectivity index (χ4n) is 2.82. The van der Waals surface area contributed by atoms with Crippen molar-refractivity contribution in [1.82, 2.24) is 9.97 Å². The number of anilines is 1. The predicted octanol–water partition coefficient (Wildman–Crippen LogP) is 2.81. The van der Waals surface area contributed by atoms with E-state index in [1.54, 1.807) is 19.2 Å². The summed E-state index contributed by atoms with van der Waals surface area (Å²) in [6.07, 6.45) is -1.95. The number of benzene rings is 1. The van der Waals surface area contributed by atoms with E-state index >= 15 is 0 Å². The number of aromatic nitrogens is 2. The van der Waals surface area contributed by atoms with Gasteiger partial charge in [-0.25, -0.2) is 18.7 Å². The third kappa shape index (κ3) is 3.40. The highest BCUT2D eigenvalue weighted by Crippen LogP contribution is 2.29. The zero-order valence-corrected chi connectivity index (χ0v) is 12.9. The van der Waals surface area contributed by atoms with Crippen LogP contribution in [0.2, 0.25) is 0 Å². The average molecular weight is 323 g/mol. The van der Waals surface area contributed by atoms with Gasteiger partial charge in [0.15, 0.2) is 5.82 Å². The van der Waals surface area contributed by atoms with Gasteiger partial charge >= 0.3 is 0 Å². The lowest BCUT2D eigenvalue weighted by Crippen LogP contribution is -2.46. The molecule has 2 aromatic rings. The minimum atomic E-state index is -2.70. The molecule has 1 saturated heterocycles. The number of nitrogens with zero attached hydrogens (tertiary/aromatic N) is 3. The number of rotatable bonds is 5. The van der Waals surface area contributed by atoms with E-state index < -0.39 is 12.2 Å². The van der Waals surface area contributed by atoms with Crippen LogP contribution in [0.1, 0.15) is 18.7 Å². The van der Waals surface area contributed by atoms with Crippen molar-refractivity contribution in [2.45, 2.75) is 18.9 Å². The van der Waals surface area contributed by atoms with E-state index in [4.69, 9.17) is 9.47 Å². The molecule has 1 unspecified atom stereocenters. The van der Waals surface area contributed by atoms with Gasteiger partial charge in [-0.3, -0.25) is 0 Å². The first-order chi connectivity index (χ1) is 11.2. The largest absolute Gasteiger partial charge is 0.385 e. The van der Waals surface area contributed by atoms with E-state index in [0.29, 0.717) is 37.7 Å². The molecule has 3 rings (SSSR count). The molecule has 0 N–H and O–H groups in total. The number of hydrogen-bond donors (Lipinski definition) is 0. The van der Waals surface area contributed by atoms with Crippen molar-refractivity contribution in [1.29, 1.82) is 0 Å². The molecule has 0 radical (unpaired) electrons. The summed E-state index contributed by atoms with van der Waals surface area (Å²) in [5.74, 6) is 0.117. The zero-order valence-electron chi connectivity index (χ0n) is 12.9. The highest BCUT2D eigenvalue weighted by atomic mass is 19.3. The van der Waals surface area contributed by atoms with Gasteiger partial charge < -0.3 is 14.4 Å². The molecular weight excluding hydrogens is 304 g/mol. The Morgan fingerprint density at radius 1 is 1.35 bits per heavy atom. The Hall–Kier alpha value is -1.86. The van der Waals surface area contributed by atoms with Gasteiger partial charge in [0.25, 0.3) is 6.43 Å². The van der Waals surface area contributed by atoms with Gasteiger partial charge in [-0.05, 0) is 18.6 Å². The summed E-state index contributed by atoms with van der Waals surface area (Å²) in [6.45, 7) is 2.27. The highest BCUT2D eigenvalue weighted by Gasteiger charge is 2.27. The molecule has 1 aliphatic rings. The molecule has 2 heterocycles. The van der Waals surface area contributed by atoms with Crippen molar-refractivity contribution in [3.8, 4) is 0 Å².